The van der Waals surface area contributed by atoms with Gasteiger partial charge in [0.15, 0.2) is 11.5 Å². The Hall–Kier alpha value is -1.09. The van der Waals surface area contributed by atoms with Crippen molar-refractivity contribution in [3.63, 3.8) is 0 Å². The second kappa shape index (κ2) is 5.91. The van der Waals surface area contributed by atoms with Crippen LogP contribution in [-0.2, 0) is 0 Å². The predicted octanol–water partition coefficient (Wildman–Crippen LogP) is 5.33. The van der Waals surface area contributed by atoms with Crippen LogP contribution in [0.15, 0.2) is 30.3 Å². The number of benzene rings is 2. The van der Waals surface area contributed by atoms with Gasteiger partial charge in [-0.05, 0) is 30.3 Å². The number of halogens is 3. The molecule has 0 spiro atoms. The van der Waals surface area contributed by atoms with Gasteiger partial charge in [-0.25, -0.2) is 0 Å². The highest BCUT2D eigenvalue weighted by molar-refractivity contribution is 6.38. The lowest BCUT2D eigenvalue weighted by Crippen LogP contribution is -1.93. The number of ether oxygens (including phenoxy) is 2. The van der Waals surface area contributed by atoms with Crippen molar-refractivity contribution in [2.24, 2.45) is 0 Å². The summed E-state index contributed by atoms with van der Waals surface area (Å²) in [5, 5.41) is 1.59. The Morgan fingerprint density at radius 3 is 2.21 bits per heavy atom. The van der Waals surface area contributed by atoms with Crippen LogP contribution in [0, 0.1) is 0 Å². The lowest BCUT2D eigenvalue weighted by molar-refractivity contribution is 0.355. The second-order valence-corrected chi connectivity index (χ2v) is 5.01. The van der Waals surface area contributed by atoms with Crippen molar-refractivity contribution in [1.82, 2.24) is 0 Å². The summed E-state index contributed by atoms with van der Waals surface area (Å²) in [5.41, 5.74) is 1.49. The van der Waals surface area contributed by atoms with Gasteiger partial charge in [0.05, 0.1) is 19.2 Å². The highest BCUT2D eigenvalue weighted by Gasteiger charge is 2.16. The largest absolute Gasteiger partial charge is 0.493 e. The van der Waals surface area contributed by atoms with Crippen molar-refractivity contribution >= 4 is 34.8 Å². The molecule has 2 aromatic carbocycles. The van der Waals surface area contributed by atoms with Crippen LogP contribution in [0.25, 0.3) is 11.1 Å². The van der Waals surface area contributed by atoms with Crippen molar-refractivity contribution in [2.75, 3.05) is 14.2 Å². The summed E-state index contributed by atoms with van der Waals surface area (Å²) in [6.07, 6.45) is 0. The number of methoxy groups -OCH3 is 2. The van der Waals surface area contributed by atoms with E-state index in [0.717, 1.165) is 11.1 Å². The first kappa shape index (κ1) is 14.3. The Labute approximate surface area is 126 Å². The quantitative estimate of drug-likeness (QED) is 0.761. The predicted molar refractivity (Wildman–Crippen MR) is 80.0 cm³/mol. The van der Waals surface area contributed by atoms with Crippen LogP contribution in [0.3, 0.4) is 0 Å². The van der Waals surface area contributed by atoms with Crippen LogP contribution in [0.1, 0.15) is 0 Å². The number of hydrogen-bond donors (Lipinski definition) is 0. The third-order valence-electron chi connectivity index (χ3n) is 2.70. The molecule has 0 fully saturated rings. The molecular formula is C14H11Cl3O2. The Morgan fingerprint density at radius 1 is 0.842 bits per heavy atom. The molecule has 0 unspecified atom stereocenters. The zero-order valence-corrected chi connectivity index (χ0v) is 12.6. The van der Waals surface area contributed by atoms with Gasteiger partial charge in [0.2, 0.25) is 0 Å². The van der Waals surface area contributed by atoms with Crippen molar-refractivity contribution < 1.29 is 9.47 Å². The molecule has 0 saturated carbocycles. The third kappa shape index (κ3) is 2.76. The molecule has 0 N–H and O–H groups in total. The summed E-state index contributed by atoms with van der Waals surface area (Å²) in [7, 11) is 3.09. The van der Waals surface area contributed by atoms with Crippen molar-refractivity contribution in [1.29, 1.82) is 0 Å². The van der Waals surface area contributed by atoms with Gasteiger partial charge in [-0.2, -0.15) is 0 Å². The molecule has 2 rings (SSSR count). The molecule has 0 aromatic heterocycles. The lowest BCUT2D eigenvalue weighted by atomic mass is 10.0. The fourth-order valence-electron chi connectivity index (χ4n) is 1.80. The van der Waals surface area contributed by atoms with Crippen molar-refractivity contribution in [3.05, 3.63) is 45.4 Å². The molecule has 0 heterocycles. The normalized spacial score (nSPS) is 10.4. The molecule has 0 aliphatic heterocycles. The van der Waals surface area contributed by atoms with E-state index in [1.807, 2.05) is 6.07 Å². The van der Waals surface area contributed by atoms with E-state index < -0.39 is 0 Å². The van der Waals surface area contributed by atoms with E-state index in [4.69, 9.17) is 44.3 Å². The fourth-order valence-corrected chi connectivity index (χ4v) is 2.53. The molecule has 100 valence electrons. The first-order valence-electron chi connectivity index (χ1n) is 5.44. The molecule has 0 atom stereocenters. The van der Waals surface area contributed by atoms with Gasteiger partial charge >= 0.3 is 0 Å². The van der Waals surface area contributed by atoms with E-state index in [2.05, 4.69) is 0 Å². The van der Waals surface area contributed by atoms with E-state index in [0.29, 0.717) is 26.6 Å². The van der Waals surface area contributed by atoms with Gasteiger partial charge < -0.3 is 9.47 Å². The SMILES string of the molecule is COc1ccc(-c2cc(Cl)ccc2Cl)c(Cl)c1OC. The van der Waals surface area contributed by atoms with Gasteiger partial charge in [0.1, 0.15) is 0 Å². The third-order valence-corrected chi connectivity index (χ3v) is 3.64. The van der Waals surface area contributed by atoms with E-state index >= 15 is 0 Å². The van der Waals surface area contributed by atoms with Gasteiger partial charge in [0.25, 0.3) is 0 Å². The molecule has 0 saturated heterocycles. The fraction of sp³-hybridized carbons (Fsp3) is 0.143. The summed E-state index contributed by atoms with van der Waals surface area (Å²) in [5.74, 6) is 1.03. The second-order valence-electron chi connectivity index (χ2n) is 3.79. The molecule has 5 heteroatoms. The molecule has 2 nitrogen and oxygen atoms in total. The van der Waals surface area contributed by atoms with Gasteiger partial charge in [-0.3, -0.25) is 0 Å². The minimum absolute atomic E-state index is 0.436. The topological polar surface area (TPSA) is 18.5 Å². The summed E-state index contributed by atoms with van der Waals surface area (Å²) >= 11 is 18.5. The summed E-state index contributed by atoms with van der Waals surface area (Å²) in [4.78, 5) is 0. The van der Waals surface area contributed by atoms with Crippen LogP contribution in [0.5, 0.6) is 11.5 Å². The van der Waals surface area contributed by atoms with Gasteiger partial charge in [-0.1, -0.05) is 34.8 Å². The Kier molecular flexibility index (Phi) is 4.46. The van der Waals surface area contributed by atoms with Crippen LogP contribution in [-0.4, -0.2) is 14.2 Å². The molecular weight excluding hydrogens is 307 g/mol. The summed E-state index contributed by atoms with van der Waals surface area (Å²) in [6, 6.07) is 8.81. The van der Waals surface area contributed by atoms with Crippen LogP contribution in [0.2, 0.25) is 15.1 Å². The first-order valence-corrected chi connectivity index (χ1v) is 6.57. The van der Waals surface area contributed by atoms with Gasteiger partial charge in [-0.15, -0.1) is 0 Å². The maximum absolute atomic E-state index is 6.34. The maximum atomic E-state index is 6.34. The number of rotatable bonds is 3. The molecule has 0 radical (unpaired) electrons. The zero-order valence-electron chi connectivity index (χ0n) is 10.3. The highest BCUT2D eigenvalue weighted by Crippen LogP contribution is 2.43. The maximum Gasteiger partial charge on any atom is 0.180 e. The monoisotopic (exact) mass is 316 g/mol. The van der Waals surface area contributed by atoms with Crippen LogP contribution < -0.4 is 9.47 Å². The molecule has 0 aliphatic rings. The average Bonchev–Trinajstić information content (AvgIpc) is 2.41. The minimum Gasteiger partial charge on any atom is -0.493 e. The van der Waals surface area contributed by atoms with Crippen molar-refractivity contribution in [3.8, 4) is 22.6 Å². The van der Waals surface area contributed by atoms with Gasteiger partial charge in [0, 0.05) is 21.2 Å². The molecule has 0 aliphatic carbocycles. The molecule has 2 aromatic rings. The van der Waals surface area contributed by atoms with E-state index in [-0.39, 0.29) is 0 Å². The molecule has 0 amide bonds. The molecule has 19 heavy (non-hydrogen) atoms. The van der Waals surface area contributed by atoms with E-state index in [1.165, 1.54) is 7.11 Å². The smallest absolute Gasteiger partial charge is 0.180 e. The Bertz CT molecular complexity index is 612. The lowest BCUT2D eigenvalue weighted by Gasteiger charge is -2.14. The highest BCUT2D eigenvalue weighted by atomic mass is 35.5. The minimum atomic E-state index is 0.436. The zero-order chi connectivity index (χ0) is 14.0. The Balaban J connectivity index is 2.66. The van der Waals surface area contributed by atoms with E-state index in [9.17, 15) is 0 Å². The Morgan fingerprint density at radius 2 is 1.58 bits per heavy atom. The van der Waals surface area contributed by atoms with Crippen molar-refractivity contribution in [2.45, 2.75) is 0 Å². The summed E-state index contributed by atoms with van der Waals surface area (Å²) in [6.45, 7) is 0. The van der Waals surface area contributed by atoms with E-state index in [1.54, 1.807) is 31.4 Å². The number of hydrogen-bond acceptors (Lipinski definition) is 2. The average molecular weight is 318 g/mol. The van der Waals surface area contributed by atoms with Crippen LogP contribution >= 0.6 is 34.8 Å². The molecule has 0 bridgehead atoms. The standard InChI is InChI=1S/C14H11Cl3O2/c1-18-12-6-4-9(13(17)14(12)19-2)10-7-8(15)3-5-11(10)16/h3-7H,1-2H3. The van der Waals surface area contributed by atoms with Crippen LogP contribution in [0.4, 0.5) is 0 Å². The summed E-state index contributed by atoms with van der Waals surface area (Å²) < 4.78 is 10.5. The first-order chi connectivity index (χ1) is 9.08.